The molecule has 7 nitrogen and oxygen atoms in total. The van der Waals surface area contributed by atoms with Gasteiger partial charge < -0.3 is 19.1 Å². The molecule has 138 valence electrons. The van der Waals surface area contributed by atoms with Gasteiger partial charge in [-0.15, -0.1) is 0 Å². The first kappa shape index (κ1) is 17.2. The molecule has 2 aliphatic rings. The Hall–Kier alpha value is -3.27. The van der Waals surface area contributed by atoms with Gasteiger partial charge in [0.1, 0.15) is 19.3 Å². The van der Waals surface area contributed by atoms with Crippen LogP contribution in [-0.2, 0) is 0 Å². The standard InChI is InChI=1S/C20H19N3O4/c21-12-14-6-7-22-18(11-14)27-15-3-2-8-23(13-15)20(24)16-4-1-5-17-19(16)26-10-9-25-17/h1,4-7,11,15H,2-3,8-10,13H2/t15-/m0/s1. The molecule has 2 aliphatic heterocycles. The minimum absolute atomic E-state index is 0.0932. The summed E-state index contributed by atoms with van der Waals surface area (Å²) in [4.78, 5) is 19.0. The van der Waals surface area contributed by atoms with E-state index in [0.29, 0.717) is 54.8 Å². The molecule has 1 aromatic heterocycles. The second-order valence-corrected chi connectivity index (χ2v) is 6.46. The lowest BCUT2D eigenvalue weighted by Crippen LogP contribution is -2.44. The molecule has 4 rings (SSSR count). The van der Waals surface area contributed by atoms with E-state index in [9.17, 15) is 4.79 Å². The Morgan fingerprint density at radius 2 is 2.19 bits per heavy atom. The molecule has 1 amide bonds. The first-order chi connectivity index (χ1) is 13.2. The molecule has 1 saturated heterocycles. The van der Waals surface area contributed by atoms with E-state index in [-0.39, 0.29) is 12.0 Å². The third kappa shape index (κ3) is 3.65. The Kier molecular flexibility index (Phi) is 4.79. The Morgan fingerprint density at radius 1 is 1.30 bits per heavy atom. The number of piperidine rings is 1. The average Bonchev–Trinajstić information content (AvgIpc) is 2.73. The van der Waals surface area contributed by atoms with E-state index in [1.54, 1.807) is 41.4 Å². The van der Waals surface area contributed by atoms with Crippen molar-refractivity contribution >= 4 is 5.91 Å². The lowest BCUT2D eigenvalue weighted by Gasteiger charge is -2.33. The number of para-hydroxylation sites is 1. The first-order valence-corrected chi connectivity index (χ1v) is 8.95. The number of nitrogens with zero attached hydrogens (tertiary/aromatic N) is 3. The summed E-state index contributed by atoms with van der Waals surface area (Å²) >= 11 is 0. The molecule has 3 heterocycles. The molecular formula is C20H19N3O4. The van der Waals surface area contributed by atoms with Gasteiger partial charge in [-0.2, -0.15) is 5.26 Å². The highest BCUT2D eigenvalue weighted by molar-refractivity contribution is 5.98. The predicted octanol–water partition coefficient (Wildman–Crippen LogP) is 2.41. The number of rotatable bonds is 3. The summed E-state index contributed by atoms with van der Waals surface area (Å²) in [6.45, 7) is 2.04. The number of hydrogen-bond acceptors (Lipinski definition) is 6. The molecule has 1 fully saturated rings. The van der Waals surface area contributed by atoms with Crippen LogP contribution in [0.25, 0.3) is 0 Å². The summed E-state index contributed by atoms with van der Waals surface area (Å²) < 4.78 is 17.2. The van der Waals surface area contributed by atoms with E-state index < -0.39 is 0 Å². The molecule has 0 saturated carbocycles. The number of fused-ring (bicyclic) bond motifs is 1. The molecule has 0 unspecified atom stereocenters. The zero-order chi connectivity index (χ0) is 18.6. The zero-order valence-corrected chi connectivity index (χ0v) is 14.8. The molecule has 27 heavy (non-hydrogen) atoms. The van der Waals surface area contributed by atoms with Crippen LogP contribution in [0.4, 0.5) is 0 Å². The highest BCUT2D eigenvalue weighted by Crippen LogP contribution is 2.34. The van der Waals surface area contributed by atoms with E-state index in [0.717, 1.165) is 12.8 Å². The van der Waals surface area contributed by atoms with Gasteiger partial charge in [-0.05, 0) is 31.0 Å². The smallest absolute Gasteiger partial charge is 0.257 e. The van der Waals surface area contributed by atoms with Crippen molar-refractivity contribution < 1.29 is 19.0 Å². The number of nitriles is 1. The van der Waals surface area contributed by atoms with Crippen molar-refractivity contribution in [3.05, 3.63) is 47.7 Å². The van der Waals surface area contributed by atoms with Gasteiger partial charge in [-0.3, -0.25) is 4.79 Å². The molecule has 0 spiro atoms. The highest BCUT2D eigenvalue weighted by atomic mass is 16.6. The van der Waals surface area contributed by atoms with E-state index in [2.05, 4.69) is 11.1 Å². The summed E-state index contributed by atoms with van der Waals surface area (Å²) in [6, 6.07) is 10.7. The average molecular weight is 365 g/mol. The van der Waals surface area contributed by atoms with Gasteiger partial charge in [0.05, 0.1) is 23.7 Å². The van der Waals surface area contributed by atoms with Gasteiger partial charge in [0.2, 0.25) is 5.88 Å². The van der Waals surface area contributed by atoms with Crippen LogP contribution in [0.1, 0.15) is 28.8 Å². The lowest BCUT2D eigenvalue weighted by molar-refractivity contribution is 0.0520. The fourth-order valence-corrected chi connectivity index (χ4v) is 3.35. The summed E-state index contributed by atoms with van der Waals surface area (Å²) in [5.74, 6) is 1.43. The molecule has 1 atom stereocenters. The number of likely N-dealkylation sites (tertiary alicyclic amines) is 1. The van der Waals surface area contributed by atoms with Crippen LogP contribution < -0.4 is 14.2 Å². The summed E-state index contributed by atoms with van der Waals surface area (Å²) in [6.07, 6.45) is 3.05. The normalized spacial score (nSPS) is 18.5. The van der Waals surface area contributed by atoms with Crippen molar-refractivity contribution in [1.82, 2.24) is 9.88 Å². The summed E-state index contributed by atoms with van der Waals surface area (Å²) in [5.41, 5.74) is 1.01. The number of ether oxygens (including phenoxy) is 3. The Morgan fingerprint density at radius 3 is 3.07 bits per heavy atom. The van der Waals surface area contributed by atoms with E-state index >= 15 is 0 Å². The van der Waals surface area contributed by atoms with Gasteiger partial charge in [0.25, 0.3) is 5.91 Å². The Balaban J connectivity index is 1.48. The number of pyridine rings is 1. The molecule has 0 bridgehead atoms. The van der Waals surface area contributed by atoms with Crippen molar-refractivity contribution in [2.24, 2.45) is 0 Å². The first-order valence-electron chi connectivity index (χ1n) is 8.95. The van der Waals surface area contributed by atoms with Gasteiger partial charge in [-0.25, -0.2) is 4.98 Å². The Labute approximate surface area is 157 Å². The van der Waals surface area contributed by atoms with Crippen LogP contribution in [0, 0.1) is 11.3 Å². The van der Waals surface area contributed by atoms with Crippen molar-refractivity contribution in [2.75, 3.05) is 26.3 Å². The van der Waals surface area contributed by atoms with Crippen LogP contribution >= 0.6 is 0 Å². The quantitative estimate of drug-likeness (QED) is 0.830. The third-order valence-corrected chi connectivity index (χ3v) is 4.61. The second-order valence-electron chi connectivity index (χ2n) is 6.46. The van der Waals surface area contributed by atoms with E-state index in [1.807, 2.05) is 0 Å². The molecular weight excluding hydrogens is 346 g/mol. The van der Waals surface area contributed by atoms with Gasteiger partial charge in [0.15, 0.2) is 11.5 Å². The lowest BCUT2D eigenvalue weighted by atomic mass is 10.1. The highest BCUT2D eigenvalue weighted by Gasteiger charge is 2.29. The topological polar surface area (TPSA) is 84.7 Å². The van der Waals surface area contributed by atoms with Crippen LogP contribution in [0.15, 0.2) is 36.5 Å². The summed E-state index contributed by atoms with van der Waals surface area (Å²) in [7, 11) is 0. The fourth-order valence-electron chi connectivity index (χ4n) is 3.35. The molecule has 1 aromatic carbocycles. The van der Waals surface area contributed by atoms with Gasteiger partial charge in [0, 0.05) is 18.8 Å². The van der Waals surface area contributed by atoms with Gasteiger partial charge >= 0.3 is 0 Å². The van der Waals surface area contributed by atoms with E-state index in [1.165, 1.54) is 0 Å². The molecule has 0 radical (unpaired) electrons. The maximum atomic E-state index is 13.0. The van der Waals surface area contributed by atoms with Crippen molar-refractivity contribution in [2.45, 2.75) is 18.9 Å². The largest absolute Gasteiger partial charge is 0.486 e. The van der Waals surface area contributed by atoms with Crippen LogP contribution in [0.2, 0.25) is 0 Å². The number of aromatic nitrogens is 1. The minimum atomic E-state index is -0.166. The Bertz CT molecular complexity index is 893. The number of carbonyl (C=O) groups excluding carboxylic acids is 1. The van der Waals surface area contributed by atoms with Crippen LogP contribution in [0.5, 0.6) is 17.4 Å². The second kappa shape index (κ2) is 7.54. The third-order valence-electron chi connectivity index (χ3n) is 4.61. The van der Waals surface area contributed by atoms with E-state index in [4.69, 9.17) is 19.5 Å². The molecule has 0 aliphatic carbocycles. The molecule has 0 N–H and O–H groups in total. The van der Waals surface area contributed by atoms with Crippen molar-refractivity contribution in [1.29, 1.82) is 5.26 Å². The zero-order valence-electron chi connectivity index (χ0n) is 14.8. The van der Waals surface area contributed by atoms with Crippen molar-refractivity contribution in [3.63, 3.8) is 0 Å². The number of hydrogen-bond donors (Lipinski definition) is 0. The monoisotopic (exact) mass is 365 g/mol. The number of amides is 1. The predicted molar refractivity (Wildman–Crippen MR) is 95.9 cm³/mol. The van der Waals surface area contributed by atoms with Crippen LogP contribution in [0.3, 0.4) is 0 Å². The SMILES string of the molecule is N#Cc1ccnc(O[C@H]2CCCN(C(=O)c3cccc4c3OCCO4)C2)c1. The van der Waals surface area contributed by atoms with Crippen LogP contribution in [-0.4, -0.2) is 48.2 Å². The van der Waals surface area contributed by atoms with Crippen molar-refractivity contribution in [3.8, 4) is 23.4 Å². The maximum absolute atomic E-state index is 13.0. The maximum Gasteiger partial charge on any atom is 0.257 e. The summed E-state index contributed by atoms with van der Waals surface area (Å²) in [5, 5.41) is 9.00. The molecule has 2 aromatic rings. The minimum Gasteiger partial charge on any atom is -0.486 e. The number of benzene rings is 1. The fraction of sp³-hybridized carbons (Fsp3) is 0.350. The number of carbonyl (C=O) groups is 1. The molecule has 7 heteroatoms. The van der Waals surface area contributed by atoms with Gasteiger partial charge in [-0.1, -0.05) is 6.07 Å².